The Hall–Kier alpha value is -3.29. The molecule has 33 heavy (non-hydrogen) atoms. The summed E-state index contributed by atoms with van der Waals surface area (Å²) >= 11 is 7.21. The van der Waals surface area contributed by atoms with Gasteiger partial charge in [-0.1, -0.05) is 41.9 Å². The molecule has 1 N–H and O–H groups in total. The quantitative estimate of drug-likeness (QED) is 0.597. The summed E-state index contributed by atoms with van der Waals surface area (Å²) in [7, 11) is 0. The van der Waals surface area contributed by atoms with Crippen molar-refractivity contribution in [3.8, 4) is 0 Å². The van der Waals surface area contributed by atoms with Crippen LogP contribution in [-0.2, 0) is 19.3 Å². The Morgan fingerprint density at radius 1 is 1.06 bits per heavy atom. The van der Waals surface area contributed by atoms with Gasteiger partial charge in [0.2, 0.25) is 16.7 Å². The number of anilines is 3. The van der Waals surface area contributed by atoms with Crippen molar-refractivity contribution in [2.75, 3.05) is 27.4 Å². The van der Waals surface area contributed by atoms with E-state index in [-0.39, 0.29) is 30.0 Å². The fraction of sp³-hybridized carbons (Fsp3) is 0.160. The summed E-state index contributed by atoms with van der Waals surface area (Å²) in [4.78, 5) is 41.7. The second-order valence-corrected chi connectivity index (χ2v) is 9.57. The SMILES string of the molecule is Cc1cccc(N2C(=O)CS[C@@]23C(=O)N(CC(=O)Nc2ccc(Cl)cc2)c2ccccc23)c1. The molecule has 0 saturated carbocycles. The number of carbonyl (C=O) groups is 3. The summed E-state index contributed by atoms with van der Waals surface area (Å²) in [6.07, 6.45) is 0. The van der Waals surface area contributed by atoms with Crippen molar-refractivity contribution >= 4 is 58.1 Å². The molecule has 5 rings (SSSR count). The van der Waals surface area contributed by atoms with Crippen LogP contribution in [0.15, 0.2) is 72.8 Å². The van der Waals surface area contributed by atoms with Crippen LogP contribution in [0.25, 0.3) is 0 Å². The van der Waals surface area contributed by atoms with E-state index in [1.807, 2.05) is 55.5 Å². The minimum atomic E-state index is -1.23. The molecule has 3 amide bonds. The molecule has 0 unspecified atom stereocenters. The lowest BCUT2D eigenvalue weighted by Gasteiger charge is -2.33. The largest absolute Gasteiger partial charge is 0.325 e. The molecular formula is C25H20ClN3O3S. The van der Waals surface area contributed by atoms with E-state index >= 15 is 0 Å². The molecule has 1 fully saturated rings. The van der Waals surface area contributed by atoms with Gasteiger partial charge in [0, 0.05) is 22.0 Å². The van der Waals surface area contributed by atoms with Gasteiger partial charge in [-0.05, 0) is 55.0 Å². The van der Waals surface area contributed by atoms with E-state index in [1.54, 1.807) is 29.2 Å². The molecule has 166 valence electrons. The zero-order valence-electron chi connectivity index (χ0n) is 17.7. The second kappa shape index (κ2) is 8.24. The normalized spacial score (nSPS) is 19.3. The maximum Gasteiger partial charge on any atom is 0.269 e. The molecule has 0 aliphatic carbocycles. The molecule has 8 heteroatoms. The van der Waals surface area contributed by atoms with E-state index in [0.29, 0.717) is 27.6 Å². The number of fused-ring (bicyclic) bond motifs is 2. The average Bonchev–Trinajstić information content (AvgIpc) is 3.26. The Morgan fingerprint density at radius 3 is 2.58 bits per heavy atom. The first-order valence-electron chi connectivity index (χ1n) is 10.4. The van der Waals surface area contributed by atoms with Crippen molar-refractivity contribution in [2.24, 2.45) is 0 Å². The monoisotopic (exact) mass is 477 g/mol. The number of nitrogens with one attached hydrogen (secondary N) is 1. The van der Waals surface area contributed by atoms with E-state index in [0.717, 1.165) is 5.56 Å². The van der Waals surface area contributed by atoms with Gasteiger partial charge in [-0.3, -0.25) is 24.2 Å². The summed E-state index contributed by atoms with van der Waals surface area (Å²) in [6.45, 7) is 1.78. The molecule has 2 aliphatic rings. The molecule has 3 aromatic carbocycles. The van der Waals surface area contributed by atoms with Crippen molar-refractivity contribution < 1.29 is 14.4 Å². The second-order valence-electron chi connectivity index (χ2n) is 7.96. The molecular weight excluding hydrogens is 458 g/mol. The third kappa shape index (κ3) is 3.57. The fourth-order valence-electron chi connectivity index (χ4n) is 4.36. The van der Waals surface area contributed by atoms with Crippen LogP contribution in [0.3, 0.4) is 0 Å². The van der Waals surface area contributed by atoms with Gasteiger partial charge in [-0.15, -0.1) is 11.8 Å². The zero-order chi connectivity index (χ0) is 23.2. The maximum atomic E-state index is 13.9. The number of para-hydroxylation sites is 1. The molecule has 0 aromatic heterocycles. The standard InChI is InChI=1S/C25H20ClN3O3S/c1-16-5-4-6-19(13-16)29-23(31)15-33-25(29)20-7-2-3-8-21(20)28(24(25)32)14-22(30)27-18-11-9-17(26)10-12-18/h2-13H,14-15H2,1H3,(H,27,30)/t25-/m0/s1. The van der Waals surface area contributed by atoms with Crippen molar-refractivity contribution in [3.63, 3.8) is 0 Å². The fourth-order valence-corrected chi connectivity index (χ4v) is 5.84. The summed E-state index contributed by atoms with van der Waals surface area (Å²) in [5.41, 5.74) is 3.59. The molecule has 0 bridgehead atoms. The Morgan fingerprint density at radius 2 is 1.82 bits per heavy atom. The Kier molecular flexibility index (Phi) is 5.38. The molecule has 2 heterocycles. The van der Waals surface area contributed by atoms with Crippen molar-refractivity contribution in [1.82, 2.24) is 0 Å². The van der Waals surface area contributed by atoms with Gasteiger partial charge in [0.1, 0.15) is 6.54 Å². The van der Waals surface area contributed by atoms with E-state index < -0.39 is 4.87 Å². The van der Waals surface area contributed by atoms with Crippen LogP contribution in [0.5, 0.6) is 0 Å². The number of rotatable bonds is 4. The number of carbonyl (C=O) groups excluding carboxylic acids is 3. The number of amides is 3. The first-order valence-corrected chi connectivity index (χ1v) is 11.8. The number of thioether (sulfide) groups is 1. The third-order valence-corrected chi connectivity index (χ3v) is 7.39. The smallest absolute Gasteiger partial charge is 0.269 e. The highest BCUT2D eigenvalue weighted by molar-refractivity contribution is 8.02. The minimum Gasteiger partial charge on any atom is -0.325 e. The lowest BCUT2D eigenvalue weighted by Crippen LogP contribution is -2.50. The lowest BCUT2D eigenvalue weighted by atomic mass is 10.0. The predicted molar refractivity (Wildman–Crippen MR) is 132 cm³/mol. The van der Waals surface area contributed by atoms with Gasteiger partial charge in [-0.2, -0.15) is 0 Å². The molecule has 0 radical (unpaired) electrons. The summed E-state index contributed by atoms with van der Waals surface area (Å²) in [5.74, 6) is -0.596. The summed E-state index contributed by atoms with van der Waals surface area (Å²) in [6, 6.07) is 21.7. The van der Waals surface area contributed by atoms with Crippen LogP contribution in [0, 0.1) is 6.92 Å². The zero-order valence-corrected chi connectivity index (χ0v) is 19.3. The highest BCUT2D eigenvalue weighted by Gasteiger charge is 2.61. The van der Waals surface area contributed by atoms with E-state index in [9.17, 15) is 14.4 Å². The molecule has 2 aliphatic heterocycles. The molecule has 1 spiro atoms. The number of hydrogen-bond donors (Lipinski definition) is 1. The van der Waals surface area contributed by atoms with Crippen LogP contribution < -0.4 is 15.1 Å². The minimum absolute atomic E-state index is 0.138. The molecule has 6 nitrogen and oxygen atoms in total. The molecule has 3 aromatic rings. The molecule has 1 atom stereocenters. The Labute approximate surface area is 200 Å². The van der Waals surface area contributed by atoms with Crippen LogP contribution in [-0.4, -0.2) is 30.0 Å². The first kappa shape index (κ1) is 21.6. The van der Waals surface area contributed by atoms with Crippen LogP contribution in [0.4, 0.5) is 17.1 Å². The Balaban J connectivity index is 1.51. The number of aryl methyl sites for hydroxylation is 1. The number of halogens is 1. The van der Waals surface area contributed by atoms with Gasteiger partial charge >= 0.3 is 0 Å². The highest BCUT2D eigenvalue weighted by Crippen LogP contribution is 2.55. The van der Waals surface area contributed by atoms with E-state index in [1.165, 1.54) is 16.7 Å². The maximum absolute atomic E-state index is 13.9. The summed E-state index contributed by atoms with van der Waals surface area (Å²) in [5, 5.41) is 3.37. The van der Waals surface area contributed by atoms with Crippen molar-refractivity contribution in [1.29, 1.82) is 0 Å². The first-order chi connectivity index (χ1) is 15.9. The predicted octanol–water partition coefficient (Wildman–Crippen LogP) is 4.57. The van der Waals surface area contributed by atoms with Crippen LogP contribution in [0.1, 0.15) is 11.1 Å². The van der Waals surface area contributed by atoms with E-state index in [2.05, 4.69) is 5.32 Å². The van der Waals surface area contributed by atoms with Gasteiger partial charge in [0.25, 0.3) is 5.91 Å². The van der Waals surface area contributed by atoms with Crippen LogP contribution >= 0.6 is 23.4 Å². The van der Waals surface area contributed by atoms with Gasteiger partial charge < -0.3 is 5.32 Å². The van der Waals surface area contributed by atoms with Crippen LogP contribution in [0.2, 0.25) is 5.02 Å². The van der Waals surface area contributed by atoms with Crippen molar-refractivity contribution in [3.05, 3.63) is 88.9 Å². The van der Waals surface area contributed by atoms with Gasteiger partial charge in [-0.25, -0.2) is 0 Å². The topological polar surface area (TPSA) is 69.7 Å². The van der Waals surface area contributed by atoms with Gasteiger partial charge in [0.15, 0.2) is 0 Å². The van der Waals surface area contributed by atoms with Crippen molar-refractivity contribution in [2.45, 2.75) is 11.8 Å². The molecule has 1 saturated heterocycles. The highest BCUT2D eigenvalue weighted by atomic mass is 35.5. The third-order valence-electron chi connectivity index (χ3n) is 5.75. The lowest BCUT2D eigenvalue weighted by molar-refractivity contribution is -0.124. The average molecular weight is 478 g/mol. The summed E-state index contributed by atoms with van der Waals surface area (Å²) < 4.78 is 0. The number of hydrogen-bond acceptors (Lipinski definition) is 4. The van der Waals surface area contributed by atoms with E-state index in [4.69, 9.17) is 11.6 Å². The number of nitrogens with zero attached hydrogens (tertiary/aromatic N) is 2. The van der Waals surface area contributed by atoms with Gasteiger partial charge in [0.05, 0.1) is 11.4 Å². The number of benzene rings is 3. The Bertz CT molecular complexity index is 1280.